The highest BCUT2D eigenvalue weighted by Crippen LogP contribution is 2.30. The SMILES string of the molecule is NC(=S)CN(CCSC(F)(F)F)C1CCCC1. The molecule has 1 rings (SSSR count). The first-order valence-electron chi connectivity index (χ1n) is 5.61. The van der Waals surface area contributed by atoms with E-state index in [-0.39, 0.29) is 17.5 Å². The van der Waals surface area contributed by atoms with Crippen LogP contribution in [0.3, 0.4) is 0 Å². The number of alkyl halides is 3. The number of thiocarbonyl (C=S) groups is 1. The Kier molecular flexibility index (Phi) is 6.02. The van der Waals surface area contributed by atoms with Gasteiger partial charge in [0.2, 0.25) is 0 Å². The summed E-state index contributed by atoms with van der Waals surface area (Å²) >= 11 is 4.86. The summed E-state index contributed by atoms with van der Waals surface area (Å²) in [5.41, 5.74) is 1.33. The second kappa shape index (κ2) is 6.80. The smallest absolute Gasteiger partial charge is 0.392 e. The van der Waals surface area contributed by atoms with E-state index in [0.717, 1.165) is 25.7 Å². The van der Waals surface area contributed by atoms with Gasteiger partial charge in [-0.3, -0.25) is 4.90 Å². The van der Waals surface area contributed by atoms with Crippen LogP contribution < -0.4 is 5.73 Å². The van der Waals surface area contributed by atoms with Crippen LogP contribution in [-0.2, 0) is 0 Å². The molecule has 1 saturated carbocycles. The summed E-state index contributed by atoms with van der Waals surface area (Å²) in [6.45, 7) is 0.824. The van der Waals surface area contributed by atoms with Gasteiger partial charge in [0.25, 0.3) is 0 Å². The van der Waals surface area contributed by atoms with Crippen molar-refractivity contribution in [1.29, 1.82) is 0 Å². The Balaban J connectivity index is 2.37. The molecule has 0 atom stereocenters. The highest BCUT2D eigenvalue weighted by Gasteiger charge is 2.29. The second-order valence-corrected chi connectivity index (χ2v) is 5.85. The van der Waals surface area contributed by atoms with E-state index in [9.17, 15) is 13.2 Å². The minimum absolute atomic E-state index is 0.0220. The topological polar surface area (TPSA) is 29.3 Å². The zero-order chi connectivity index (χ0) is 12.9. The Morgan fingerprint density at radius 2 is 1.94 bits per heavy atom. The van der Waals surface area contributed by atoms with Crippen LogP contribution in [0, 0.1) is 0 Å². The molecule has 0 aromatic carbocycles. The Hall–Kier alpha value is -0.0100. The van der Waals surface area contributed by atoms with Crippen LogP contribution in [0.15, 0.2) is 0 Å². The first-order chi connectivity index (χ1) is 7.88. The number of nitrogens with two attached hydrogens (primary N) is 1. The molecule has 0 radical (unpaired) electrons. The van der Waals surface area contributed by atoms with Crippen LogP contribution in [-0.4, -0.2) is 40.3 Å². The van der Waals surface area contributed by atoms with Crippen molar-refractivity contribution >= 4 is 29.0 Å². The summed E-state index contributed by atoms with van der Waals surface area (Å²) in [6, 6.07) is 0.352. The van der Waals surface area contributed by atoms with Crippen molar-refractivity contribution in [2.75, 3.05) is 18.8 Å². The van der Waals surface area contributed by atoms with Crippen molar-refractivity contribution < 1.29 is 13.2 Å². The highest BCUT2D eigenvalue weighted by atomic mass is 32.2. The fourth-order valence-corrected chi connectivity index (χ4v) is 2.86. The van der Waals surface area contributed by atoms with E-state index in [2.05, 4.69) is 0 Å². The molecule has 0 unspecified atom stereocenters. The quantitative estimate of drug-likeness (QED) is 0.760. The van der Waals surface area contributed by atoms with Crippen LogP contribution in [0.25, 0.3) is 0 Å². The standard InChI is InChI=1S/C10H17F3N2S2/c11-10(12,13)17-6-5-15(7-9(14)16)8-3-1-2-4-8/h8H,1-7H2,(H2,14,16). The van der Waals surface area contributed by atoms with E-state index in [0.29, 0.717) is 24.1 Å². The summed E-state index contributed by atoms with van der Waals surface area (Å²) in [5, 5.41) is 0. The van der Waals surface area contributed by atoms with Crippen LogP contribution in [0.5, 0.6) is 0 Å². The summed E-state index contributed by atoms with van der Waals surface area (Å²) in [7, 11) is 0. The van der Waals surface area contributed by atoms with Gasteiger partial charge in [0.05, 0.1) is 4.99 Å². The van der Waals surface area contributed by atoms with Gasteiger partial charge in [-0.2, -0.15) is 13.2 Å². The minimum Gasteiger partial charge on any atom is -0.392 e. The van der Waals surface area contributed by atoms with Gasteiger partial charge in [0.1, 0.15) is 0 Å². The van der Waals surface area contributed by atoms with Crippen molar-refractivity contribution in [3.8, 4) is 0 Å². The molecule has 17 heavy (non-hydrogen) atoms. The number of thioether (sulfide) groups is 1. The number of halogens is 3. The third-order valence-corrected chi connectivity index (χ3v) is 3.69. The van der Waals surface area contributed by atoms with Crippen molar-refractivity contribution in [2.24, 2.45) is 5.73 Å². The molecule has 2 N–H and O–H groups in total. The van der Waals surface area contributed by atoms with Gasteiger partial charge < -0.3 is 5.73 Å². The van der Waals surface area contributed by atoms with Gasteiger partial charge in [-0.1, -0.05) is 25.1 Å². The van der Waals surface area contributed by atoms with Gasteiger partial charge >= 0.3 is 5.51 Å². The molecule has 0 heterocycles. The molecule has 7 heteroatoms. The van der Waals surface area contributed by atoms with Gasteiger partial charge in [-0.15, -0.1) is 0 Å². The van der Waals surface area contributed by atoms with Gasteiger partial charge in [-0.25, -0.2) is 0 Å². The lowest BCUT2D eigenvalue weighted by molar-refractivity contribution is -0.0329. The Morgan fingerprint density at radius 1 is 1.35 bits per heavy atom. The van der Waals surface area contributed by atoms with E-state index >= 15 is 0 Å². The van der Waals surface area contributed by atoms with E-state index in [4.69, 9.17) is 18.0 Å². The molecule has 0 aromatic rings. The summed E-state index contributed by atoms with van der Waals surface area (Å²) in [5.74, 6) is 0.0443. The zero-order valence-corrected chi connectivity index (χ0v) is 11.1. The van der Waals surface area contributed by atoms with Crippen LogP contribution >= 0.6 is 24.0 Å². The lowest BCUT2D eigenvalue weighted by Gasteiger charge is -2.28. The predicted molar refractivity (Wildman–Crippen MR) is 69.1 cm³/mol. The van der Waals surface area contributed by atoms with E-state index in [1.54, 1.807) is 0 Å². The Morgan fingerprint density at radius 3 is 2.41 bits per heavy atom. The molecule has 1 aliphatic carbocycles. The Bertz CT molecular complexity index is 252. The predicted octanol–water partition coefficient (Wildman–Crippen LogP) is 2.77. The molecule has 0 spiro atoms. The summed E-state index contributed by atoms with van der Waals surface area (Å²) in [6.07, 6.45) is 4.37. The number of rotatable bonds is 6. The maximum Gasteiger partial charge on any atom is 0.441 e. The zero-order valence-electron chi connectivity index (χ0n) is 9.50. The summed E-state index contributed by atoms with van der Waals surface area (Å²) < 4.78 is 36.1. The van der Waals surface area contributed by atoms with E-state index in [1.165, 1.54) is 0 Å². The molecule has 0 aliphatic heterocycles. The minimum atomic E-state index is -4.15. The van der Waals surface area contributed by atoms with Gasteiger partial charge in [-0.05, 0) is 24.6 Å². The molecule has 1 aliphatic rings. The molecule has 0 saturated heterocycles. The van der Waals surface area contributed by atoms with Gasteiger partial charge in [0.15, 0.2) is 0 Å². The lowest BCUT2D eigenvalue weighted by atomic mass is 10.2. The first kappa shape index (κ1) is 15.0. The third kappa shape index (κ3) is 6.47. The average molecular weight is 286 g/mol. The van der Waals surface area contributed by atoms with Crippen LogP contribution in [0.1, 0.15) is 25.7 Å². The number of nitrogens with zero attached hydrogens (tertiary/aromatic N) is 1. The van der Waals surface area contributed by atoms with E-state index in [1.807, 2.05) is 4.90 Å². The molecular weight excluding hydrogens is 269 g/mol. The molecule has 2 nitrogen and oxygen atoms in total. The number of hydrogen-bond acceptors (Lipinski definition) is 3. The van der Waals surface area contributed by atoms with Crippen molar-refractivity contribution in [3.63, 3.8) is 0 Å². The maximum absolute atomic E-state index is 12.0. The monoisotopic (exact) mass is 286 g/mol. The third-order valence-electron chi connectivity index (χ3n) is 2.84. The fraction of sp³-hybridized carbons (Fsp3) is 0.900. The van der Waals surface area contributed by atoms with E-state index < -0.39 is 5.51 Å². The molecule has 0 amide bonds. The average Bonchev–Trinajstić information content (AvgIpc) is 2.66. The summed E-state index contributed by atoms with van der Waals surface area (Å²) in [4.78, 5) is 2.35. The van der Waals surface area contributed by atoms with Crippen molar-refractivity contribution in [3.05, 3.63) is 0 Å². The van der Waals surface area contributed by atoms with Crippen molar-refractivity contribution in [1.82, 2.24) is 4.90 Å². The maximum atomic E-state index is 12.0. The normalized spacial score (nSPS) is 17.9. The highest BCUT2D eigenvalue weighted by molar-refractivity contribution is 8.00. The van der Waals surface area contributed by atoms with Gasteiger partial charge in [0, 0.05) is 24.9 Å². The molecule has 100 valence electrons. The fourth-order valence-electron chi connectivity index (χ4n) is 2.14. The van der Waals surface area contributed by atoms with Crippen LogP contribution in [0.2, 0.25) is 0 Å². The Labute approximate surface area is 109 Å². The van der Waals surface area contributed by atoms with Crippen molar-refractivity contribution in [2.45, 2.75) is 37.2 Å². The number of hydrogen-bond donors (Lipinski definition) is 1. The first-order valence-corrected chi connectivity index (χ1v) is 7.01. The second-order valence-electron chi connectivity index (χ2n) is 4.17. The molecule has 0 bridgehead atoms. The molecule has 0 aromatic heterocycles. The largest absolute Gasteiger partial charge is 0.441 e. The molecule has 1 fully saturated rings. The van der Waals surface area contributed by atoms with Crippen LogP contribution in [0.4, 0.5) is 13.2 Å². The lowest BCUT2D eigenvalue weighted by Crippen LogP contribution is -2.40. The molecular formula is C10H17F3N2S2.